The molecule has 3 nitrogen and oxygen atoms in total. The molecule has 1 fully saturated rings. The van der Waals surface area contributed by atoms with Crippen LogP contribution in [0.1, 0.15) is 29.9 Å². The first-order chi connectivity index (χ1) is 7.72. The Morgan fingerprint density at radius 3 is 2.94 bits per heavy atom. The second kappa shape index (κ2) is 4.50. The van der Waals surface area contributed by atoms with Crippen molar-refractivity contribution in [2.24, 2.45) is 0 Å². The molecule has 0 radical (unpaired) electrons. The number of aromatic hydroxyl groups is 1. The highest BCUT2D eigenvalue weighted by molar-refractivity contribution is 5.46. The smallest absolute Gasteiger partial charge is 0.169 e. The van der Waals surface area contributed by atoms with Gasteiger partial charge in [0.05, 0.1) is 5.56 Å². The minimum Gasteiger partial charge on any atom is -0.504 e. The van der Waals surface area contributed by atoms with Gasteiger partial charge in [-0.3, -0.25) is 0 Å². The molecular formula is C12H13FN2O. The Hall–Kier alpha value is -1.60. The summed E-state index contributed by atoms with van der Waals surface area (Å²) in [7, 11) is 0. The number of hydrogen-bond acceptors (Lipinski definition) is 3. The van der Waals surface area contributed by atoms with Gasteiger partial charge in [-0.1, -0.05) is 0 Å². The molecule has 1 aliphatic heterocycles. The molecule has 4 heteroatoms. The van der Waals surface area contributed by atoms with Crippen molar-refractivity contribution in [3.05, 3.63) is 29.1 Å². The van der Waals surface area contributed by atoms with Crippen molar-refractivity contribution >= 4 is 0 Å². The van der Waals surface area contributed by atoms with E-state index in [9.17, 15) is 9.50 Å². The maximum Gasteiger partial charge on any atom is 0.169 e. The van der Waals surface area contributed by atoms with Crippen molar-refractivity contribution in [3.63, 3.8) is 0 Å². The molecule has 1 aromatic carbocycles. The van der Waals surface area contributed by atoms with E-state index in [1.807, 2.05) is 0 Å². The van der Waals surface area contributed by atoms with E-state index in [-0.39, 0.29) is 11.5 Å². The SMILES string of the molecule is N#Cc1cc(C2CCCNC2)cc(F)c1O. The highest BCUT2D eigenvalue weighted by Crippen LogP contribution is 2.29. The van der Waals surface area contributed by atoms with Crippen molar-refractivity contribution in [2.45, 2.75) is 18.8 Å². The average Bonchev–Trinajstić information content (AvgIpc) is 2.33. The average molecular weight is 220 g/mol. The van der Waals surface area contributed by atoms with Gasteiger partial charge in [0, 0.05) is 6.54 Å². The minimum absolute atomic E-state index is 0.0144. The van der Waals surface area contributed by atoms with Crippen molar-refractivity contribution in [1.82, 2.24) is 5.32 Å². The predicted octanol–water partition coefficient (Wildman–Crippen LogP) is 1.87. The Kier molecular flexibility index (Phi) is 3.07. The van der Waals surface area contributed by atoms with Crippen LogP contribution in [0.2, 0.25) is 0 Å². The lowest BCUT2D eigenvalue weighted by atomic mass is 9.90. The van der Waals surface area contributed by atoms with Crippen molar-refractivity contribution in [1.29, 1.82) is 5.26 Å². The van der Waals surface area contributed by atoms with Crippen LogP contribution in [0.3, 0.4) is 0 Å². The number of halogens is 1. The van der Waals surface area contributed by atoms with Crippen LogP contribution >= 0.6 is 0 Å². The summed E-state index contributed by atoms with van der Waals surface area (Å²) in [5, 5.41) is 21.3. The number of piperidine rings is 1. The van der Waals surface area contributed by atoms with Gasteiger partial charge in [0.25, 0.3) is 0 Å². The Balaban J connectivity index is 2.34. The molecule has 1 saturated heterocycles. The van der Waals surface area contributed by atoms with Gasteiger partial charge in [-0.2, -0.15) is 5.26 Å². The Morgan fingerprint density at radius 1 is 1.50 bits per heavy atom. The second-order valence-electron chi connectivity index (χ2n) is 4.05. The lowest BCUT2D eigenvalue weighted by molar-refractivity contribution is 0.425. The fourth-order valence-corrected chi connectivity index (χ4v) is 2.08. The molecule has 0 saturated carbocycles. The summed E-state index contributed by atoms with van der Waals surface area (Å²) in [6.45, 7) is 1.79. The summed E-state index contributed by atoms with van der Waals surface area (Å²) in [5.41, 5.74) is 0.805. The molecule has 0 spiro atoms. The topological polar surface area (TPSA) is 56.0 Å². The van der Waals surface area contributed by atoms with Crippen molar-refractivity contribution in [2.75, 3.05) is 13.1 Å². The highest BCUT2D eigenvalue weighted by Gasteiger charge is 2.18. The van der Waals surface area contributed by atoms with Gasteiger partial charge in [0.2, 0.25) is 0 Å². The van der Waals surface area contributed by atoms with Crippen LogP contribution in [0, 0.1) is 17.1 Å². The van der Waals surface area contributed by atoms with Crippen LogP contribution in [0.4, 0.5) is 4.39 Å². The number of benzene rings is 1. The van der Waals surface area contributed by atoms with Crippen LogP contribution in [0.25, 0.3) is 0 Å². The molecule has 0 aromatic heterocycles. The zero-order valence-corrected chi connectivity index (χ0v) is 8.83. The molecule has 1 aromatic rings. The minimum atomic E-state index is -0.709. The zero-order chi connectivity index (χ0) is 11.5. The summed E-state index contributed by atoms with van der Waals surface area (Å²) in [5.74, 6) is -1.02. The third-order valence-electron chi connectivity index (χ3n) is 2.97. The van der Waals surface area contributed by atoms with Crippen LogP contribution in [0.15, 0.2) is 12.1 Å². The first-order valence-electron chi connectivity index (χ1n) is 5.35. The third kappa shape index (κ3) is 2.00. The molecule has 1 aliphatic rings. The highest BCUT2D eigenvalue weighted by atomic mass is 19.1. The van der Waals surface area contributed by atoms with E-state index in [0.29, 0.717) is 0 Å². The van der Waals surface area contributed by atoms with E-state index in [1.165, 1.54) is 6.07 Å². The maximum atomic E-state index is 13.4. The predicted molar refractivity (Wildman–Crippen MR) is 57.6 cm³/mol. The van der Waals surface area contributed by atoms with Gasteiger partial charge in [-0.25, -0.2) is 4.39 Å². The van der Waals surface area contributed by atoms with Gasteiger partial charge >= 0.3 is 0 Å². The maximum absolute atomic E-state index is 13.4. The Bertz CT molecular complexity index is 433. The van der Waals surface area contributed by atoms with E-state index in [4.69, 9.17) is 5.26 Å². The summed E-state index contributed by atoms with van der Waals surface area (Å²) < 4.78 is 13.4. The molecule has 2 N–H and O–H groups in total. The van der Waals surface area contributed by atoms with E-state index >= 15 is 0 Å². The zero-order valence-electron chi connectivity index (χ0n) is 8.83. The second-order valence-corrected chi connectivity index (χ2v) is 4.05. The van der Waals surface area contributed by atoms with Crippen molar-refractivity contribution in [3.8, 4) is 11.8 Å². The van der Waals surface area contributed by atoms with Crippen LogP contribution < -0.4 is 5.32 Å². The first-order valence-corrected chi connectivity index (χ1v) is 5.35. The fourth-order valence-electron chi connectivity index (χ4n) is 2.08. The first kappa shape index (κ1) is 10.9. The van der Waals surface area contributed by atoms with Gasteiger partial charge in [-0.05, 0) is 43.0 Å². The Morgan fingerprint density at radius 2 is 2.31 bits per heavy atom. The normalized spacial score (nSPS) is 20.4. The summed E-state index contributed by atoms with van der Waals surface area (Å²) >= 11 is 0. The summed E-state index contributed by atoms with van der Waals surface area (Å²) in [6.07, 6.45) is 2.04. The lowest BCUT2D eigenvalue weighted by Crippen LogP contribution is -2.28. The summed E-state index contributed by atoms with van der Waals surface area (Å²) in [4.78, 5) is 0. The number of nitriles is 1. The molecule has 1 unspecified atom stereocenters. The Labute approximate surface area is 93.5 Å². The number of nitrogens with zero attached hydrogens (tertiary/aromatic N) is 1. The molecule has 0 aliphatic carbocycles. The van der Waals surface area contributed by atoms with E-state index in [1.54, 1.807) is 12.1 Å². The molecule has 84 valence electrons. The van der Waals surface area contributed by atoms with Crippen molar-refractivity contribution < 1.29 is 9.50 Å². The monoisotopic (exact) mass is 220 g/mol. The summed E-state index contributed by atoms with van der Waals surface area (Å²) in [6, 6.07) is 4.71. The number of phenolic OH excluding ortho intramolecular Hbond substituents is 1. The van der Waals surface area contributed by atoms with Gasteiger partial charge in [-0.15, -0.1) is 0 Å². The number of rotatable bonds is 1. The standard InChI is InChI=1S/C12H13FN2O/c13-11-5-9(4-10(6-14)12(11)16)8-2-1-3-15-7-8/h4-5,8,15-16H,1-3,7H2. The van der Waals surface area contributed by atoms with E-state index in [2.05, 4.69) is 5.32 Å². The molecule has 0 bridgehead atoms. The van der Waals surface area contributed by atoms with E-state index < -0.39 is 11.6 Å². The molecule has 16 heavy (non-hydrogen) atoms. The van der Waals surface area contributed by atoms with Gasteiger partial charge in [0.15, 0.2) is 11.6 Å². The quantitative estimate of drug-likeness (QED) is 0.759. The fraction of sp³-hybridized carbons (Fsp3) is 0.417. The van der Waals surface area contributed by atoms with Crippen LogP contribution in [0.5, 0.6) is 5.75 Å². The number of phenols is 1. The number of hydrogen-bond donors (Lipinski definition) is 2. The van der Waals surface area contributed by atoms with Crippen LogP contribution in [-0.2, 0) is 0 Å². The van der Waals surface area contributed by atoms with Crippen LogP contribution in [-0.4, -0.2) is 18.2 Å². The molecule has 2 rings (SSSR count). The van der Waals surface area contributed by atoms with Gasteiger partial charge in [0.1, 0.15) is 6.07 Å². The van der Waals surface area contributed by atoms with Gasteiger partial charge < -0.3 is 10.4 Å². The number of nitrogens with one attached hydrogen (secondary N) is 1. The lowest BCUT2D eigenvalue weighted by Gasteiger charge is -2.23. The van der Waals surface area contributed by atoms with E-state index in [0.717, 1.165) is 31.5 Å². The largest absolute Gasteiger partial charge is 0.504 e. The molecule has 1 atom stereocenters. The third-order valence-corrected chi connectivity index (χ3v) is 2.97. The molecule has 0 amide bonds. The molecule has 1 heterocycles. The molecular weight excluding hydrogens is 207 g/mol.